The minimum Gasteiger partial charge on any atom is -0.460 e. The summed E-state index contributed by atoms with van der Waals surface area (Å²) in [4.78, 5) is 17.2. The van der Waals surface area contributed by atoms with Crippen LogP contribution in [0, 0.1) is 0 Å². The molecule has 25 heavy (non-hydrogen) atoms. The summed E-state index contributed by atoms with van der Waals surface area (Å²) in [6, 6.07) is 8.58. The van der Waals surface area contributed by atoms with Crippen LogP contribution in [-0.2, 0) is 11.2 Å². The van der Waals surface area contributed by atoms with Crippen LogP contribution in [0.1, 0.15) is 37.5 Å². The molecule has 2 saturated heterocycles. The molecule has 4 heteroatoms. The van der Waals surface area contributed by atoms with Crippen LogP contribution < -0.4 is 0 Å². The molecule has 3 heterocycles. The Labute approximate surface area is 149 Å². The molecular formula is C21H26N2O2. The van der Waals surface area contributed by atoms with Crippen LogP contribution in [0.2, 0.25) is 0 Å². The van der Waals surface area contributed by atoms with Crippen molar-refractivity contribution in [2.24, 2.45) is 0 Å². The maximum absolute atomic E-state index is 12.6. The van der Waals surface area contributed by atoms with E-state index in [1.807, 2.05) is 29.2 Å². The van der Waals surface area contributed by atoms with E-state index >= 15 is 0 Å². The van der Waals surface area contributed by atoms with E-state index in [2.05, 4.69) is 17.9 Å². The van der Waals surface area contributed by atoms with Gasteiger partial charge in [0.25, 0.3) is 0 Å². The Hall–Kier alpha value is -2.07. The Bertz CT molecular complexity index is 786. The van der Waals surface area contributed by atoms with Gasteiger partial charge in [-0.2, -0.15) is 0 Å². The standard InChI is InChI=1S/C21H26N2O2/c1-2-19-18(17-7-3-4-8-20(17)25-19)9-10-21(24)23-14-11-16(15-23)22-12-5-6-13-22/h3-4,7-10,16H,2,5-6,11-15H2,1H3/b10-9+. The summed E-state index contributed by atoms with van der Waals surface area (Å²) in [5, 5.41) is 1.08. The number of amides is 1. The molecule has 4 nitrogen and oxygen atoms in total. The average Bonchev–Trinajstić information content (AvgIpc) is 3.38. The SMILES string of the molecule is CCc1oc2ccccc2c1/C=C/C(=O)N1CCC(N2CCCC2)C1. The van der Waals surface area contributed by atoms with Crippen molar-refractivity contribution in [3.8, 4) is 0 Å². The van der Waals surface area contributed by atoms with E-state index in [4.69, 9.17) is 4.42 Å². The first-order valence-corrected chi connectivity index (χ1v) is 9.47. The van der Waals surface area contributed by atoms with E-state index in [1.54, 1.807) is 6.08 Å². The van der Waals surface area contributed by atoms with E-state index in [1.165, 1.54) is 25.9 Å². The number of benzene rings is 1. The third kappa shape index (κ3) is 3.23. The smallest absolute Gasteiger partial charge is 0.246 e. The van der Waals surface area contributed by atoms with Gasteiger partial charge in [-0.15, -0.1) is 0 Å². The minimum atomic E-state index is 0.119. The summed E-state index contributed by atoms with van der Waals surface area (Å²) >= 11 is 0. The molecule has 1 amide bonds. The molecule has 1 aromatic carbocycles. The lowest BCUT2D eigenvalue weighted by atomic mass is 10.1. The van der Waals surface area contributed by atoms with Crippen LogP contribution in [0.3, 0.4) is 0 Å². The average molecular weight is 338 g/mol. The molecule has 132 valence electrons. The van der Waals surface area contributed by atoms with Gasteiger partial charge < -0.3 is 9.32 Å². The van der Waals surface area contributed by atoms with Crippen molar-refractivity contribution in [1.29, 1.82) is 0 Å². The molecule has 2 aliphatic rings. The van der Waals surface area contributed by atoms with Gasteiger partial charge >= 0.3 is 0 Å². The Morgan fingerprint density at radius 2 is 2.04 bits per heavy atom. The highest BCUT2D eigenvalue weighted by atomic mass is 16.3. The summed E-state index contributed by atoms with van der Waals surface area (Å²) in [7, 11) is 0. The van der Waals surface area contributed by atoms with Crippen molar-refractivity contribution in [1.82, 2.24) is 9.80 Å². The van der Waals surface area contributed by atoms with Crippen LogP contribution in [0.5, 0.6) is 0 Å². The molecule has 0 bridgehead atoms. The summed E-state index contributed by atoms with van der Waals surface area (Å²) in [5.41, 5.74) is 1.93. The minimum absolute atomic E-state index is 0.119. The molecule has 0 spiro atoms. The third-order valence-electron chi connectivity index (χ3n) is 5.56. The first-order valence-electron chi connectivity index (χ1n) is 9.47. The number of rotatable bonds is 4. The fourth-order valence-corrected chi connectivity index (χ4v) is 4.17. The van der Waals surface area contributed by atoms with Gasteiger partial charge in [0.15, 0.2) is 0 Å². The van der Waals surface area contributed by atoms with Crippen molar-refractivity contribution in [3.63, 3.8) is 0 Å². The monoisotopic (exact) mass is 338 g/mol. The zero-order chi connectivity index (χ0) is 17.2. The van der Waals surface area contributed by atoms with Gasteiger partial charge in [-0.25, -0.2) is 0 Å². The van der Waals surface area contributed by atoms with Gasteiger partial charge in [0.05, 0.1) is 0 Å². The molecule has 2 aliphatic heterocycles. The molecule has 2 fully saturated rings. The van der Waals surface area contributed by atoms with E-state index < -0.39 is 0 Å². The summed E-state index contributed by atoms with van der Waals surface area (Å²) in [5.74, 6) is 1.07. The van der Waals surface area contributed by atoms with Crippen molar-refractivity contribution in [2.45, 2.75) is 38.6 Å². The van der Waals surface area contributed by atoms with Crippen LogP contribution in [-0.4, -0.2) is 47.9 Å². The van der Waals surface area contributed by atoms with Gasteiger partial charge in [-0.05, 0) is 44.5 Å². The Morgan fingerprint density at radius 1 is 1.24 bits per heavy atom. The maximum Gasteiger partial charge on any atom is 0.246 e. The van der Waals surface area contributed by atoms with Gasteiger partial charge in [-0.3, -0.25) is 9.69 Å². The van der Waals surface area contributed by atoms with E-state index in [0.717, 1.165) is 48.2 Å². The second-order valence-corrected chi connectivity index (χ2v) is 7.09. The fraction of sp³-hybridized carbons (Fsp3) is 0.476. The predicted octanol–water partition coefficient (Wildman–Crippen LogP) is 3.71. The molecule has 0 N–H and O–H groups in total. The molecule has 0 radical (unpaired) electrons. The van der Waals surface area contributed by atoms with Gasteiger partial charge in [0, 0.05) is 42.6 Å². The summed E-state index contributed by atoms with van der Waals surface area (Å²) in [6.45, 7) is 6.22. The lowest BCUT2D eigenvalue weighted by Gasteiger charge is -2.23. The van der Waals surface area contributed by atoms with Gasteiger partial charge in [0.1, 0.15) is 11.3 Å². The lowest BCUT2D eigenvalue weighted by molar-refractivity contribution is -0.125. The number of furan rings is 1. The number of nitrogens with zero attached hydrogens (tertiary/aromatic N) is 2. The highest BCUT2D eigenvalue weighted by Gasteiger charge is 2.30. The summed E-state index contributed by atoms with van der Waals surface area (Å²) in [6.07, 6.45) is 8.20. The van der Waals surface area contributed by atoms with Crippen molar-refractivity contribution in [2.75, 3.05) is 26.2 Å². The van der Waals surface area contributed by atoms with E-state index in [0.29, 0.717) is 6.04 Å². The van der Waals surface area contributed by atoms with Crippen LogP contribution in [0.25, 0.3) is 17.0 Å². The predicted molar refractivity (Wildman–Crippen MR) is 100 cm³/mol. The van der Waals surface area contributed by atoms with Crippen molar-refractivity contribution < 1.29 is 9.21 Å². The first kappa shape index (κ1) is 16.4. The number of aryl methyl sites for hydroxylation is 1. The van der Waals surface area contributed by atoms with E-state index in [-0.39, 0.29) is 5.91 Å². The molecule has 1 atom stereocenters. The normalized spacial score (nSPS) is 21.8. The highest BCUT2D eigenvalue weighted by molar-refractivity contribution is 5.96. The van der Waals surface area contributed by atoms with Crippen molar-refractivity contribution in [3.05, 3.63) is 41.7 Å². The molecular weight excluding hydrogens is 312 g/mol. The maximum atomic E-state index is 12.6. The molecule has 0 saturated carbocycles. The zero-order valence-corrected chi connectivity index (χ0v) is 14.9. The number of hydrogen-bond acceptors (Lipinski definition) is 3. The first-order chi connectivity index (χ1) is 12.3. The quantitative estimate of drug-likeness (QED) is 0.798. The second-order valence-electron chi connectivity index (χ2n) is 7.09. The third-order valence-corrected chi connectivity index (χ3v) is 5.56. The molecule has 1 unspecified atom stereocenters. The number of carbonyl (C=O) groups is 1. The molecule has 4 rings (SSSR count). The van der Waals surface area contributed by atoms with Gasteiger partial charge in [-0.1, -0.05) is 25.1 Å². The lowest BCUT2D eigenvalue weighted by Crippen LogP contribution is -2.36. The fourth-order valence-electron chi connectivity index (χ4n) is 4.17. The largest absolute Gasteiger partial charge is 0.460 e. The number of fused-ring (bicyclic) bond motifs is 1. The molecule has 2 aromatic rings. The second kappa shape index (κ2) is 7.04. The Balaban J connectivity index is 1.48. The topological polar surface area (TPSA) is 36.7 Å². The Kier molecular flexibility index (Phi) is 4.62. The van der Waals surface area contributed by atoms with Crippen LogP contribution in [0.15, 0.2) is 34.8 Å². The molecule has 0 aliphatic carbocycles. The Morgan fingerprint density at radius 3 is 2.84 bits per heavy atom. The number of carbonyl (C=O) groups excluding carboxylic acids is 1. The summed E-state index contributed by atoms with van der Waals surface area (Å²) < 4.78 is 5.91. The van der Waals surface area contributed by atoms with E-state index in [9.17, 15) is 4.79 Å². The molecule has 1 aromatic heterocycles. The van der Waals surface area contributed by atoms with Crippen molar-refractivity contribution >= 4 is 23.0 Å². The van der Waals surface area contributed by atoms with Crippen LogP contribution in [0.4, 0.5) is 0 Å². The number of para-hydroxylation sites is 1. The zero-order valence-electron chi connectivity index (χ0n) is 14.9. The van der Waals surface area contributed by atoms with Crippen LogP contribution >= 0.6 is 0 Å². The number of hydrogen-bond donors (Lipinski definition) is 0. The number of likely N-dealkylation sites (tertiary alicyclic amines) is 2. The van der Waals surface area contributed by atoms with Gasteiger partial charge in [0.2, 0.25) is 5.91 Å². The highest BCUT2D eigenvalue weighted by Crippen LogP contribution is 2.28.